The van der Waals surface area contributed by atoms with Gasteiger partial charge in [-0.1, -0.05) is 6.07 Å². The number of anilines is 1. The van der Waals surface area contributed by atoms with Crippen LogP contribution < -0.4 is 14.8 Å². The lowest BCUT2D eigenvalue weighted by atomic mass is 10.2. The third-order valence-electron chi connectivity index (χ3n) is 3.80. The van der Waals surface area contributed by atoms with E-state index in [1.165, 1.54) is 4.88 Å². The summed E-state index contributed by atoms with van der Waals surface area (Å²) < 4.78 is 10.5. The number of rotatable bonds is 8. The first-order valence-electron chi connectivity index (χ1n) is 8.23. The minimum atomic E-state index is -0.229. The van der Waals surface area contributed by atoms with E-state index in [0.29, 0.717) is 22.9 Å². The molecule has 142 valence electrons. The molecular weight excluding hydrogens is 400 g/mol. The standard InChI is InChI=1S/C19H20N2O3S3/c1-12(18(22)21-15-9-14(23-2)6-7-16(15)24-3)26-10-13-11-27-19(20-13)17-5-4-8-25-17/h4-9,11-12H,10H2,1-3H3,(H,21,22). The number of nitrogens with one attached hydrogen (secondary N) is 1. The van der Waals surface area contributed by atoms with Gasteiger partial charge < -0.3 is 14.8 Å². The van der Waals surface area contributed by atoms with E-state index in [1.54, 1.807) is 66.9 Å². The van der Waals surface area contributed by atoms with E-state index in [1.807, 2.05) is 18.4 Å². The number of thiophene rings is 1. The Kier molecular flexibility index (Phi) is 6.76. The summed E-state index contributed by atoms with van der Waals surface area (Å²) in [5.74, 6) is 1.86. The molecule has 2 heterocycles. The molecule has 0 saturated heterocycles. The number of methoxy groups -OCH3 is 2. The summed E-state index contributed by atoms with van der Waals surface area (Å²) in [5, 5.41) is 7.82. The monoisotopic (exact) mass is 420 g/mol. The zero-order valence-electron chi connectivity index (χ0n) is 15.2. The quantitative estimate of drug-likeness (QED) is 0.546. The number of thiazole rings is 1. The van der Waals surface area contributed by atoms with Crippen molar-refractivity contribution >= 4 is 46.0 Å². The van der Waals surface area contributed by atoms with Gasteiger partial charge in [0.2, 0.25) is 5.91 Å². The van der Waals surface area contributed by atoms with E-state index in [0.717, 1.165) is 10.7 Å². The molecule has 1 amide bonds. The molecule has 0 spiro atoms. The second-order valence-electron chi connectivity index (χ2n) is 5.63. The topological polar surface area (TPSA) is 60.5 Å². The minimum absolute atomic E-state index is 0.0831. The molecule has 0 fully saturated rings. The van der Waals surface area contributed by atoms with Crippen LogP contribution >= 0.6 is 34.4 Å². The van der Waals surface area contributed by atoms with Gasteiger partial charge in [-0.25, -0.2) is 4.98 Å². The molecule has 1 aromatic carbocycles. The molecule has 3 aromatic rings. The Hall–Kier alpha value is -2.03. The van der Waals surface area contributed by atoms with Crippen molar-refractivity contribution < 1.29 is 14.3 Å². The number of carbonyl (C=O) groups excluding carboxylic acids is 1. The van der Waals surface area contributed by atoms with E-state index >= 15 is 0 Å². The van der Waals surface area contributed by atoms with E-state index in [-0.39, 0.29) is 11.2 Å². The van der Waals surface area contributed by atoms with Crippen molar-refractivity contribution in [1.29, 1.82) is 0 Å². The molecule has 0 radical (unpaired) electrons. The lowest BCUT2D eigenvalue weighted by Crippen LogP contribution is -2.23. The first-order valence-corrected chi connectivity index (χ1v) is 11.0. The molecule has 27 heavy (non-hydrogen) atoms. The van der Waals surface area contributed by atoms with Gasteiger partial charge in [0.25, 0.3) is 0 Å². The fourth-order valence-electron chi connectivity index (χ4n) is 2.32. The largest absolute Gasteiger partial charge is 0.497 e. The van der Waals surface area contributed by atoms with Crippen molar-refractivity contribution in [2.24, 2.45) is 0 Å². The number of hydrogen-bond donors (Lipinski definition) is 1. The third-order valence-corrected chi connectivity index (χ3v) is 6.91. The number of benzene rings is 1. The lowest BCUT2D eigenvalue weighted by Gasteiger charge is -2.14. The Morgan fingerprint density at radius 2 is 2.11 bits per heavy atom. The molecule has 0 aliphatic rings. The molecule has 5 nitrogen and oxygen atoms in total. The van der Waals surface area contributed by atoms with Crippen molar-refractivity contribution in [3.63, 3.8) is 0 Å². The first-order chi connectivity index (χ1) is 13.1. The molecule has 0 aliphatic heterocycles. The van der Waals surface area contributed by atoms with Gasteiger partial charge in [-0.3, -0.25) is 4.79 Å². The molecule has 1 N–H and O–H groups in total. The van der Waals surface area contributed by atoms with Gasteiger partial charge in [-0.2, -0.15) is 0 Å². The van der Waals surface area contributed by atoms with Gasteiger partial charge in [0, 0.05) is 17.2 Å². The highest BCUT2D eigenvalue weighted by molar-refractivity contribution is 7.99. The molecule has 3 rings (SSSR count). The van der Waals surface area contributed by atoms with Crippen LogP contribution in [-0.2, 0) is 10.5 Å². The van der Waals surface area contributed by atoms with Gasteiger partial charge in [-0.15, -0.1) is 34.4 Å². The Morgan fingerprint density at radius 3 is 2.81 bits per heavy atom. The van der Waals surface area contributed by atoms with Crippen molar-refractivity contribution in [2.45, 2.75) is 17.9 Å². The summed E-state index contributed by atoms with van der Waals surface area (Å²) in [6.45, 7) is 1.89. The summed E-state index contributed by atoms with van der Waals surface area (Å²) in [4.78, 5) is 18.4. The maximum absolute atomic E-state index is 12.5. The molecule has 1 atom stereocenters. The van der Waals surface area contributed by atoms with Crippen LogP contribution in [-0.4, -0.2) is 30.4 Å². The number of hydrogen-bond acceptors (Lipinski definition) is 7. The van der Waals surface area contributed by atoms with Crippen molar-refractivity contribution in [3.8, 4) is 21.4 Å². The highest BCUT2D eigenvalue weighted by Crippen LogP contribution is 2.31. The molecule has 2 aromatic heterocycles. The number of nitrogens with zero attached hydrogens (tertiary/aromatic N) is 1. The number of thioether (sulfide) groups is 1. The molecule has 0 saturated carbocycles. The summed E-state index contributed by atoms with van der Waals surface area (Å²) >= 11 is 4.87. The number of aromatic nitrogens is 1. The first kappa shape index (κ1) is 19.7. The minimum Gasteiger partial charge on any atom is -0.497 e. The SMILES string of the molecule is COc1ccc(OC)c(NC(=O)C(C)SCc2csc(-c3cccs3)n2)c1. The Bertz CT molecular complexity index is 894. The molecule has 0 aliphatic carbocycles. The summed E-state index contributed by atoms with van der Waals surface area (Å²) in [5.41, 5.74) is 1.59. The van der Waals surface area contributed by atoms with Gasteiger partial charge in [-0.05, 0) is 30.5 Å². The van der Waals surface area contributed by atoms with Crippen LogP contribution in [0.4, 0.5) is 5.69 Å². The number of carbonyl (C=O) groups is 1. The molecular formula is C19H20N2O3S3. The fourth-order valence-corrected chi connectivity index (χ4v) is 4.84. The summed E-state index contributed by atoms with van der Waals surface area (Å²) in [6, 6.07) is 9.41. The van der Waals surface area contributed by atoms with Crippen LogP contribution in [0.15, 0.2) is 41.1 Å². The second kappa shape index (κ2) is 9.25. The van der Waals surface area contributed by atoms with Crippen molar-refractivity contribution in [2.75, 3.05) is 19.5 Å². The van der Waals surface area contributed by atoms with Crippen LogP contribution in [0.1, 0.15) is 12.6 Å². The van der Waals surface area contributed by atoms with Crippen LogP contribution in [0.5, 0.6) is 11.5 Å². The van der Waals surface area contributed by atoms with Gasteiger partial charge in [0.15, 0.2) is 0 Å². The van der Waals surface area contributed by atoms with Crippen LogP contribution in [0.2, 0.25) is 0 Å². The Labute approximate surface area is 170 Å². The summed E-state index contributed by atoms with van der Waals surface area (Å²) in [7, 11) is 3.16. The van der Waals surface area contributed by atoms with E-state index < -0.39 is 0 Å². The summed E-state index contributed by atoms with van der Waals surface area (Å²) in [6.07, 6.45) is 0. The molecule has 8 heteroatoms. The van der Waals surface area contributed by atoms with Crippen molar-refractivity contribution in [3.05, 3.63) is 46.8 Å². The maximum Gasteiger partial charge on any atom is 0.237 e. The van der Waals surface area contributed by atoms with E-state index in [4.69, 9.17) is 9.47 Å². The smallest absolute Gasteiger partial charge is 0.237 e. The number of ether oxygens (including phenoxy) is 2. The van der Waals surface area contributed by atoms with Gasteiger partial charge in [0.1, 0.15) is 16.5 Å². The van der Waals surface area contributed by atoms with Gasteiger partial charge >= 0.3 is 0 Å². The average molecular weight is 421 g/mol. The predicted molar refractivity (Wildman–Crippen MR) is 114 cm³/mol. The van der Waals surface area contributed by atoms with Crippen molar-refractivity contribution in [1.82, 2.24) is 4.98 Å². The zero-order chi connectivity index (χ0) is 19.2. The second-order valence-corrected chi connectivity index (χ2v) is 8.76. The van der Waals surface area contributed by atoms with Crippen LogP contribution in [0.25, 0.3) is 9.88 Å². The molecule has 1 unspecified atom stereocenters. The Balaban J connectivity index is 1.58. The van der Waals surface area contributed by atoms with E-state index in [2.05, 4.69) is 21.7 Å². The Morgan fingerprint density at radius 1 is 1.26 bits per heavy atom. The van der Waals surface area contributed by atoms with Crippen LogP contribution in [0.3, 0.4) is 0 Å². The lowest BCUT2D eigenvalue weighted by molar-refractivity contribution is -0.115. The average Bonchev–Trinajstić information content (AvgIpc) is 3.37. The number of amides is 1. The zero-order valence-corrected chi connectivity index (χ0v) is 17.7. The third kappa shape index (κ3) is 5.03. The van der Waals surface area contributed by atoms with Gasteiger partial charge in [0.05, 0.1) is 35.7 Å². The normalized spacial score (nSPS) is 11.8. The van der Waals surface area contributed by atoms with Crippen LogP contribution in [0, 0.1) is 0 Å². The molecule has 0 bridgehead atoms. The highest BCUT2D eigenvalue weighted by atomic mass is 32.2. The predicted octanol–water partition coefficient (Wildman–Crippen LogP) is 5.15. The fraction of sp³-hybridized carbons (Fsp3) is 0.263. The van der Waals surface area contributed by atoms with E-state index in [9.17, 15) is 4.79 Å². The maximum atomic E-state index is 12.5. The highest BCUT2D eigenvalue weighted by Gasteiger charge is 2.17.